The van der Waals surface area contributed by atoms with Crippen LogP contribution in [-0.4, -0.2) is 17.2 Å². The van der Waals surface area contributed by atoms with Crippen LogP contribution in [0.15, 0.2) is 50.7 Å². The van der Waals surface area contributed by atoms with Crippen molar-refractivity contribution >= 4 is 34.7 Å². The number of aryl methyl sites for hydroxylation is 2. The van der Waals surface area contributed by atoms with Crippen LogP contribution >= 0.6 is 11.6 Å². The van der Waals surface area contributed by atoms with Crippen molar-refractivity contribution in [2.75, 3.05) is 0 Å². The van der Waals surface area contributed by atoms with Crippen molar-refractivity contribution in [1.82, 2.24) is 5.43 Å². The molecule has 0 aliphatic heterocycles. The first-order valence-electron chi connectivity index (χ1n) is 10.7. The monoisotopic (exact) mass is 454 g/mol. The minimum absolute atomic E-state index is 0.0604. The van der Waals surface area contributed by atoms with Crippen molar-refractivity contribution in [3.8, 4) is 5.75 Å². The van der Waals surface area contributed by atoms with Gasteiger partial charge in [0.2, 0.25) is 5.91 Å². The fourth-order valence-electron chi connectivity index (χ4n) is 3.61. The Labute approximate surface area is 191 Å². The summed E-state index contributed by atoms with van der Waals surface area (Å²) in [6, 6.07) is 10.6. The third-order valence-electron chi connectivity index (χ3n) is 5.36. The van der Waals surface area contributed by atoms with Gasteiger partial charge in [-0.2, -0.15) is 5.10 Å². The van der Waals surface area contributed by atoms with Gasteiger partial charge in [0.25, 0.3) is 0 Å². The van der Waals surface area contributed by atoms with Crippen LogP contribution in [0.4, 0.5) is 0 Å². The van der Waals surface area contributed by atoms with E-state index in [-0.39, 0.29) is 24.5 Å². The number of unbranched alkanes of at least 4 members (excludes halogenated alkanes) is 2. The lowest BCUT2D eigenvalue weighted by Gasteiger charge is -2.11. The summed E-state index contributed by atoms with van der Waals surface area (Å²) in [7, 11) is 0. The molecule has 1 heterocycles. The molecular weight excluding hydrogens is 428 g/mol. The molecule has 0 bridgehead atoms. The molecule has 1 amide bonds. The maximum absolute atomic E-state index is 12.6. The van der Waals surface area contributed by atoms with Crippen molar-refractivity contribution in [2.24, 2.45) is 5.10 Å². The molecule has 2 N–H and O–H groups in total. The highest BCUT2D eigenvalue weighted by Gasteiger charge is 2.16. The number of nitrogens with one attached hydrogen (secondary N) is 1. The number of hydrazone groups is 1. The Morgan fingerprint density at radius 1 is 1.19 bits per heavy atom. The van der Waals surface area contributed by atoms with Crippen molar-refractivity contribution in [3.63, 3.8) is 0 Å². The molecule has 3 aromatic rings. The van der Waals surface area contributed by atoms with Gasteiger partial charge < -0.3 is 9.52 Å². The summed E-state index contributed by atoms with van der Waals surface area (Å²) in [4.78, 5) is 24.7. The molecule has 0 atom stereocenters. The third kappa shape index (κ3) is 5.98. The van der Waals surface area contributed by atoms with E-state index in [2.05, 4.69) is 17.5 Å². The number of benzene rings is 2. The standard InChI is InChI=1S/C25H27ClN2O4/c1-3-4-5-6-18-13-21(29)24-16(2)20(25(31)32-22(24)14-18)11-12-23(30)28-27-15-17-7-9-19(26)10-8-17/h7-10,13-15,29H,3-6,11-12H2,1-2H3,(H,28,30)/b27-15+. The molecule has 1 aromatic heterocycles. The second-order valence-corrected chi connectivity index (χ2v) is 8.22. The topological polar surface area (TPSA) is 91.9 Å². The average Bonchev–Trinajstić information content (AvgIpc) is 2.74. The summed E-state index contributed by atoms with van der Waals surface area (Å²) in [5.74, 6) is -0.238. The number of aromatic hydroxyl groups is 1. The Kier molecular flexibility index (Phi) is 8.06. The quantitative estimate of drug-likeness (QED) is 0.199. The van der Waals surface area contributed by atoms with E-state index in [4.69, 9.17) is 16.0 Å². The number of rotatable bonds is 9. The van der Waals surface area contributed by atoms with Gasteiger partial charge >= 0.3 is 5.63 Å². The first-order chi connectivity index (χ1) is 15.4. The van der Waals surface area contributed by atoms with E-state index >= 15 is 0 Å². The maximum atomic E-state index is 12.6. The van der Waals surface area contributed by atoms with Crippen LogP contribution in [0.2, 0.25) is 5.02 Å². The SMILES string of the molecule is CCCCCc1cc(O)c2c(C)c(CCC(=O)N/N=C/c3ccc(Cl)cc3)c(=O)oc2c1. The van der Waals surface area contributed by atoms with Gasteiger partial charge in [0.1, 0.15) is 11.3 Å². The lowest BCUT2D eigenvalue weighted by atomic mass is 9.99. The van der Waals surface area contributed by atoms with Gasteiger partial charge in [-0.25, -0.2) is 10.2 Å². The number of phenolic OH excluding ortho intramolecular Hbond substituents is 1. The van der Waals surface area contributed by atoms with Gasteiger partial charge in [-0.3, -0.25) is 4.79 Å². The van der Waals surface area contributed by atoms with Crippen LogP contribution in [0.25, 0.3) is 11.0 Å². The second kappa shape index (κ2) is 11.0. The molecule has 3 rings (SSSR count). The van der Waals surface area contributed by atoms with Crippen molar-refractivity contribution < 1.29 is 14.3 Å². The van der Waals surface area contributed by atoms with Gasteiger partial charge in [0, 0.05) is 17.0 Å². The van der Waals surface area contributed by atoms with Gasteiger partial charge in [-0.1, -0.05) is 43.5 Å². The van der Waals surface area contributed by atoms with Gasteiger partial charge in [0.15, 0.2) is 0 Å². The summed E-state index contributed by atoms with van der Waals surface area (Å²) in [6.07, 6.45) is 5.80. The lowest BCUT2D eigenvalue weighted by molar-refractivity contribution is -0.121. The molecule has 0 radical (unpaired) electrons. The third-order valence-corrected chi connectivity index (χ3v) is 5.61. The summed E-state index contributed by atoms with van der Waals surface area (Å²) in [5, 5.41) is 15.6. The molecule has 32 heavy (non-hydrogen) atoms. The van der Waals surface area contributed by atoms with E-state index in [0.717, 1.165) is 36.8 Å². The molecular formula is C25H27ClN2O4. The van der Waals surface area contributed by atoms with Crippen LogP contribution in [-0.2, 0) is 17.6 Å². The molecule has 0 fully saturated rings. The molecule has 2 aromatic carbocycles. The number of carbonyl (C=O) groups excluding carboxylic acids is 1. The molecule has 0 aliphatic rings. The van der Waals surface area contributed by atoms with Gasteiger partial charge in [-0.05, 0) is 67.1 Å². The second-order valence-electron chi connectivity index (χ2n) is 7.78. The Morgan fingerprint density at radius 3 is 2.66 bits per heavy atom. The van der Waals surface area contributed by atoms with Gasteiger partial charge in [0.05, 0.1) is 11.6 Å². The maximum Gasteiger partial charge on any atom is 0.339 e. The van der Waals surface area contributed by atoms with Crippen molar-refractivity contribution in [3.05, 3.63) is 74.1 Å². The minimum Gasteiger partial charge on any atom is -0.507 e. The zero-order valence-corrected chi connectivity index (χ0v) is 19.0. The zero-order chi connectivity index (χ0) is 23.1. The Bertz CT molecular complexity index is 1180. The number of hydrogen-bond acceptors (Lipinski definition) is 5. The Morgan fingerprint density at radius 2 is 1.94 bits per heavy atom. The number of fused-ring (bicyclic) bond motifs is 1. The highest BCUT2D eigenvalue weighted by atomic mass is 35.5. The van der Waals surface area contributed by atoms with E-state index in [1.807, 2.05) is 6.07 Å². The van der Waals surface area contributed by atoms with Crippen LogP contribution in [0.5, 0.6) is 5.75 Å². The van der Waals surface area contributed by atoms with Gasteiger partial charge in [-0.15, -0.1) is 0 Å². The predicted molar refractivity (Wildman–Crippen MR) is 128 cm³/mol. The fourth-order valence-corrected chi connectivity index (χ4v) is 3.74. The summed E-state index contributed by atoms with van der Waals surface area (Å²) < 4.78 is 5.49. The predicted octanol–water partition coefficient (Wildman–Crippen LogP) is 5.28. The smallest absolute Gasteiger partial charge is 0.339 e. The van der Waals surface area contributed by atoms with E-state index in [0.29, 0.717) is 27.1 Å². The number of halogens is 1. The van der Waals surface area contributed by atoms with Crippen molar-refractivity contribution in [2.45, 2.75) is 52.4 Å². The first-order valence-corrected chi connectivity index (χ1v) is 11.1. The lowest BCUT2D eigenvalue weighted by Crippen LogP contribution is -2.20. The van der Waals surface area contributed by atoms with Crippen molar-refractivity contribution in [1.29, 1.82) is 0 Å². The molecule has 6 nitrogen and oxygen atoms in total. The summed E-state index contributed by atoms with van der Waals surface area (Å²) >= 11 is 5.84. The summed E-state index contributed by atoms with van der Waals surface area (Å²) in [6.45, 7) is 3.90. The number of carbonyl (C=O) groups is 1. The van der Waals surface area contributed by atoms with Crippen LogP contribution in [0.3, 0.4) is 0 Å². The van der Waals surface area contributed by atoms with Crippen LogP contribution in [0, 0.1) is 6.92 Å². The Balaban J connectivity index is 1.69. The minimum atomic E-state index is -0.488. The molecule has 7 heteroatoms. The number of nitrogens with zero attached hydrogens (tertiary/aromatic N) is 1. The van der Waals surface area contributed by atoms with Crippen LogP contribution < -0.4 is 11.1 Å². The van der Waals surface area contributed by atoms with E-state index < -0.39 is 5.63 Å². The molecule has 0 unspecified atom stereocenters. The highest BCUT2D eigenvalue weighted by Crippen LogP contribution is 2.31. The zero-order valence-electron chi connectivity index (χ0n) is 18.3. The first kappa shape index (κ1) is 23.5. The molecule has 0 spiro atoms. The van der Waals surface area contributed by atoms with E-state index in [1.165, 1.54) is 6.21 Å². The number of hydrogen-bond donors (Lipinski definition) is 2. The van der Waals surface area contributed by atoms with E-state index in [1.54, 1.807) is 37.3 Å². The van der Waals surface area contributed by atoms with E-state index in [9.17, 15) is 14.7 Å². The number of phenols is 1. The largest absolute Gasteiger partial charge is 0.507 e. The Hall–Kier alpha value is -3.12. The highest BCUT2D eigenvalue weighted by molar-refractivity contribution is 6.30. The fraction of sp³-hybridized carbons (Fsp3) is 0.320. The molecule has 168 valence electrons. The molecule has 0 saturated carbocycles. The average molecular weight is 455 g/mol. The molecule has 0 saturated heterocycles. The number of amides is 1. The normalized spacial score (nSPS) is 11.3. The van der Waals surface area contributed by atoms with Crippen LogP contribution in [0.1, 0.15) is 54.9 Å². The summed E-state index contributed by atoms with van der Waals surface area (Å²) in [5.41, 5.74) is 5.08. The molecule has 0 aliphatic carbocycles.